The highest BCUT2D eigenvalue weighted by molar-refractivity contribution is 9.10. The molecule has 0 amide bonds. The Morgan fingerprint density at radius 3 is 2.78 bits per heavy atom. The zero-order valence-electron chi connectivity index (χ0n) is 11.2. The third kappa shape index (κ3) is 3.07. The van der Waals surface area contributed by atoms with Gasteiger partial charge in [-0.3, -0.25) is 0 Å². The van der Waals surface area contributed by atoms with Gasteiger partial charge < -0.3 is 10.1 Å². The Morgan fingerprint density at radius 1 is 1.44 bits per heavy atom. The van der Waals surface area contributed by atoms with Gasteiger partial charge in [0.05, 0.1) is 7.11 Å². The summed E-state index contributed by atoms with van der Waals surface area (Å²) in [5.41, 5.74) is 1.30. The maximum absolute atomic E-state index is 5.54. The first-order valence-corrected chi connectivity index (χ1v) is 7.62. The van der Waals surface area contributed by atoms with Crippen molar-refractivity contribution in [3.63, 3.8) is 0 Å². The van der Waals surface area contributed by atoms with Gasteiger partial charge in [-0.25, -0.2) is 0 Å². The second-order valence-electron chi connectivity index (χ2n) is 5.01. The van der Waals surface area contributed by atoms with E-state index in [4.69, 9.17) is 4.74 Å². The molecule has 1 aromatic rings. The third-order valence-electron chi connectivity index (χ3n) is 3.77. The number of hydrogen-bond donors (Lipinski definition) is 1. The largest absolute Gasteiger partial charge is 0.496 e. The zero-order chi connectivity index (χ0) is 13.0. The summed E-state index contributed by atoms with van der Waals surface area (Å²) in [4.78, 5) is 0. The van der Waals surface area contributed by atoms with Crippen molar-refractivity contribution in [1.82, 2.24) is 5.32 Å². The molecule has 0 bridgehead atoms. The van der Waals surface area contributed by atoms with Crippen LogP contribution in [-0.4, -0.2) is 13.7 Å². The summed E-state index contributed by atoms with van der Waals surface area (Å²) < 4.78 is 6.61. The van der Waals surface area contributed by atoms with Crippen molar-refractivity contribution in [2.45, 2.75) is 38.6 Å². The Labute approximate surface area is 118 Å². The molecule has 0 heterocycles. The average Bonchev–Trinajstić information content (AvgIpc) is 2.32. The molecule has 18 heavy (non-hydrogen) atoms. The van der Waals surface area contributed by atoms with Gasteiger partial charge in [0, 0.05) is 16.1 Å². The summed E-state index contributed by atoms with van der Waals surface area (Å²) in [5.74, 6) is 1.76. The van der Waals surface area contributed by atoms with Crippen LogP contribution in [-0.2, 0) is 0 Å². The molecular formula is C15H22BrNO. The highest BCUT2D eigenvalue weighted by Gasteiger charge is 2.29. The van der Waals surface area contributed by atoms with E-state index < -0.39 is 0 Å². The summed E-state index contributed by atoms with van der Waals surface area (Å²) in [6.45, 7) is 3.28. The van der Waals surface area contributed by atoms with Crippen molar-refractivity contribution in [2.24, 2.45) is 5.92 Å². The molecule has 1 aliphatic rings. The van der Waals surface area contributed by atoms with Crippen LogP contribution in [0.15, 0.2) is 22.7 Å². The van der Waals surface area contributed by atoms with Crippen LogP contribution in [0.4, 0.5) is 0 Å². The van der Waals surface area contributed by atoms with Crippen molar-refractivity contribution >= 4 is 15.9 Å². The summed E-state index contributed by atoms with van der Waals surface area (Å²) in [6, 6.07) is 6.81. The molecule has 0 aliphatic heterocycles. The van der Waals surface area contributed by atoms with E-state index in [1.165, 1.54) is 31.2 Å². The molecule has 1 saturated carbocycles. The lowest BCUT2D eigenvalue weighted by Crippen LogP contribution is -2.33. The number of methoxy groups -OCH3 is 1. The fraction of sp³-hybridized carbons (Fsp3) is 0.600. The molecule has 0 saturated heterocycles. The van der Waals surface area contributed by atoms with Crippen molar-refractivity contribution in [1.29, 1.82) is 0 Å². The van der Waals surface area contributed by atoms with E-state index >= 15 is 0 Å². The predicted molar refractivity (Wildman–Crippen MR) is 79.1 cm³/mol. The molecule has 1 unspecified atom stereocenters. The third-order valence-corrected chi connectivity index (χ3v) is 4.26. The second-order valence-corrected chi connectivity index (χ2v) is 5.92. The van der Waals surface area contributed by atoms with Crippen molar-refractivity contribution in [3.8, 4) is 5.75 Å². The van der Waals surface area contributed by atoms with E-state index in [9.17, 15) is 0 Å². The van der Waals surface area contributed by atoms with E-state index in [1.54, 1.807) is 7.11 Å². The van der Waals surface area contributed by atoms with E-state index in [0.29, 0.717) is 6.04 Å². The first-order valence-electron chi connectivity index (χ1n) is 6.83. The minimum atomic E-state index is 0.446. The molecular weight excluding hydrogens is 290 g/mol. The van der Waals surface area contributed by atoms with Gasteiger partial charge in [0.25, 0.3) is 0 Å². The lowest BCUT2D eigenvalue weighted by Gasteiger charge is -2.35. The van der Waals surface area contributed by atoms with Crippen LogP contribution >= 0.6 is 15.9 Å². The number of nitrogens with one attached hydrogen (secondary N) is 1. The molecule has 0 radical (unpaired) electrons. The van der Waals surface area contributed by atoms with E-state index in [2.05, 4.69) is 46.4 Å². The SMILES string of the molecule is CCCNC(c1ccc(Br)cc1OC)C1CCC1. The molecule has 2 rings (SSSR count). The first-order chi connectivity index (χ1) is 8.76. The maximum Gasteiger partial charge on any atom is 0.124 e. The van der Waals surface area contributed by atoms with Gasteiger partial charge in [-0.15, -0.1) is 0 Å². The average molecular weight is 312 g/mol. The van der Waals surface area contributed by atoms with Gasteiger partial charge in [-0.05, 0) is 43.9 Å². The Kier molecular flexibility index (Phi) is 5.07. The topological polar surface area (TPSA) is 21.3 Å². The number of rotatable bonds is 6. The van der Waals surface area contributed by atoms with Gasteiger partial charge >= 0.3 is 0 Å². The number of ether oxygens (including phenoxy) is 1. The number of hydrogen-bond acceptors (Lipinski definition) is 2. The monoisotopic (exact) mass is 311 g/mol. The summed E-state index contributed by atoms with van der Waals surface area (Å²) >= 11 is 3.51. The van der Waals surface area contributed by atoms with E-state index in [-0.39, 0.29) is 0 Å². The van der Waals surface area contributed by atoms with Crippen LogP contribution < -0.4 is 10.1 Å². The fourth-order valence-corrected chi connectivity index (χ4v) is 2.89. The van der Waals surface area contributed by atoms with Crippen LogP contribution in [0.1, 0.15) is 44.2 Å². The standard InChI is InChI=1S/C15H22BrNO/c1-3-9-17-15(11-5-4-6-11)13-8-7-12(16)10-14(13)18-2/h7-8,10-11,15,17H,3-6,9H2,1-2H3. The summed E-state index contributed by atoms with van der Waals surface area (Å²) in [6.07, 6.45) is 5.21. The van der Waals surface area contributed by atoms with Gasteiger partial charge in [0.1, 0.15) is 5.75 Å². The fourth-order valence-electron chi connectivity index (χ4n) is 2.55. The highest BCUT2D eigenvalue weighted by Crippen LogP contribution is 2.41. The van der Waals surface area contributed by atoms with Crippen LogP contribution in [0, 0.1) is 5.92 Å². The minimum absolute atomic E-state index is 0.446. The lowest BCUT2D eigenvalue weighted by molar-refractivity contribution is 0.227. The molecule has 0 aromatic heterocycles. The van der Waals surface area contributed by atoms with Crippen LogP contribution in [0.25, 0.3) is 0 Å². The quantitative estimate of drug-likeness (QED) is 0.845. The van der Waals surface area contributed by atoms with Crippen molar-refractivity contribution < 1.29 is 4.74 Å². The molecule has 1 aromatic carbocycles. The summed E-state index contributed by atoms with van der Waals surface area (Å²) in [7, 11) is 1.75. The van der Waals surface area contributed by atoms with E-state index in [0.717, 1.165) is 22.7 Å². The van der Waals surface area contributed by atoms with Crippen molar-refractivity contribution in [2.75, 3.05) is 13.7 Å². The molecule has 1 aliphatic carbocycles. The lowest BCUT2D eigenvalue weighted by atomic mass is 9.77. The minimum Gasteiger partial charge on any atom is -0.496 e. The van der Waals surface area contributed by atoms with Crippen molar-refractivity contribution in [3.05, 3.63) is 28.2 Å². The van der Waals surface area contributed by atoms with Gasteiger partial charge in [-0.2, -0.15) is 0 Å². The molecule has 1 fully saturated rings. The van der Waals surface area contributed by atoms with Gasteiger partial charge in [-0.1, -0.05) is 35.3 Å². The van der Waals surface area contributed by atoms with Crippen LogP contribution in [0.3, 0.4) is 0 Å². The first kappa shape index (κ1) is 13.9. The number of halogens is 1. The second kappa shape index (κ2) is 6.58. The Balaban J connectivity index is 2.22. The summed E-state index contributed by atoms with van der Waals surface area (Å²) in [5, 5.41) is 3.69. The Hall–Kier alpha value is -0.540. The zero-order valence-corrected chi connectivity index (χ0v) is 12.8. The molecule has 0 spiro atoms. The van der Waals surface area contributed by atoms with Crippen LogP contribution in [0.2, 0.25) is 0 Å². The predicted octanol–water partition coefficient (Wildman–Crippen LogP) is 4.30. The van der Waals surface area contributed by atoms with E-state index in [1.807, 2.05) is 0 Å². The molecule has 2 nitrogen and oxygen atoms in total. The highest BCUT2D eigenvalue weighted by atomic mass is 79.9. The molecule has 100 valence electrons. The van der Waals surface area contributed by atoms with Gasteiger partial charge in [0.2, 0.25) is 0 Å². The normalized spacial score (nSPS) is 17.3. The molecule has 1 N–H and O–H groups in total. The molecule has 3 heteroatoms. The smallest absolute Gasteiger partial charge is 0.124 e. The van der Waals surface area contributed by atoms with Crippen LogP contribution in [0.5, 0.6) is 5.75 Å². The maximum atomic E-state index is 5.54. The number of benzene rings is 1. The molecule has 1 atom stereocenters. The van der Waals surface area contributed by atoms with Gasteiger partial charge in [0.15, 0.2) is 0 Å². The Bertz CT molecular complexity index is 390. The Morgan fingerprint density at radius 2 is 2.22 bits per heavy atom.